The fraction of sp³-hybridized carbons (Fsp3) is 0.357. The number of hydrogen-bond acceptors (Lipinski definition) is 4. The Morgan fingerprint density at radius 1 is 1.32 bits per heavy atom. The van der Waals surface area contributed by atoms with Crippen LogP contribution in [0.1, 0.15) is 18.5 Å². The van der Waals surface area contributed by atoms with E-state index in [1.807, 2.05) is 19.1 Å². The molecule has 19 heavy (non-hydrogen) atoms. The van der Waals surface area contributed by atoms with Gasteiger partial charge in [-0.2, -0.15) is 0 Å². The van der Waals surface area contributed by atoms with Crippen molar-refractivity contribution < 1.29 is 4.92 Å². The van der Waals surface area contributed by atoms with Gasteiger partial charge in [-0.15, -0.1) is 0 Å². The number of nitrogens with zero attached hydrogens (tertiary/aromatic N) is 3. The Labute approximate surface area is 111 Å². The zero-order valence-corrected chi connectivity index (χ0v) is 10.8. The molecular formula is C14H15N3O2. The lowest BCUT2D eigenvalue weighted by Gasteiger charge is -2.20. The molecular weight excluding hydrogens is 242 g/mol. The van der Waals surface area contributed by atoms with E-state index in [1.165, 1.54) is 18.9 Å². The molecule has 5 heteroatoms. The van der Waals surface area contributed by atoms with E-state index in [0.29, 0.717) is 5.52 Å². The van der Waals surface area contributed by atoms with Crippen molar-refractivity contribution in [1.82, 2.24) is 4.98 Å². The molecule has 0 atom stereocenters. The van der Waals surface area contributed by atoms with Crippen LogP contribution in [0.5, 0.6) is 0 Å². The first-order chi connectivity index (χ1) is 9.16. The van der Waals surface area contributed by atoms with Crippen molar-refractivity contribution in [2.75, 3.05) is 18.0 Å². The molecule has 2 heterocycles. The van der Waals surface area contributed by atoms with Crippen LogP contribution in [-0.4, -0.2) is 23.0 Å². The van der Waals surface area contributed by atoms with Crippen molar-refractivity contribution >= 4 is 22.3 Å². The zero-order chi connectivity index (χ0) is 13.4. The number of pyridine rings is 1. The van der Waals surface area contributed by atoms with Gasteiger partial charge in [0.05, 0.1) is 4.92 Å². The Kier molecular flexibility index (Phi) is 2.81. The second-order valence-corrected chi connectivity index (χ2v) is 4.91. The maximum absolute atomic E-state index is 11.1. The Balaban J connectivity index is 2.27. The van der Waals surface area contributed by atoms with Crippen LogP contribution < -0.4 is 4.90 Å². The summed E-state index contributed by atoms with van der Waals surface area (Å²) in [6, 6.07) is 7.19. The number of non-ortho nitro benzene ring substituents is 1. The molecule has 98 valence electrons. The van der Waals surface area contributed by atoms with E-state index in [1.54, 1.807) is 6.07 Å². The molecule has 0 aliphatic carbocycles. The zero-order valence-electron chi connectivity index (χ0n) is 10.8. The van der Waals surface area contributed by atoms with E-state index < -0.39 is 0 Å². The number of hydrogen-bond donors (Lipinski definition) is 0. The first-order valence-electron chi connectivity index (χ1n) is 6.46. The number of aromatic nitrogens is 1. The standard InChI is InChI=1S/C14H15N3O2/c1-10-9-13(16-7-2-3-8-16)11-5-4-6-12(17(18)19)14(11)15-10/h4-6,9H,2-3,7-8H2,1H3. The number of rotatable bonds is 2. The van der Waals surface area contributed by atoms with Crippen LogP contribution >= 0.6 is 0 Å². The molecule has 1 aliphatic rings. The third-order valence-electron chi connectivity index (χ3n) is 3.57. The number of anilines is 1. The number of fused-ring (bicyclic) bond motifs is 1. The molecule has 1 aromatic carbocycles. The van der Waals surface area contributed by atoms with Crippen molar-refractivity contribution in [3.8, 4) is 0 Å². The second-order valence-electron chi connectivity index (χ2n) is 4.91. The first kappa shape index (κ1) is 11.9. The number of benzene rings is 1. The fourth-order valence-corrected chi connectivity index (χ4v) is 2.71. The molecule has 2 aromatic rings. The Bertz CT molecular complexity index is 648. The van der Waals surface area contributed by atoms with Crippen LogP contribution in [0.15, 0.2) is 24.3 Å². The van der Waals surface area contributed by atoms with Crippen molar-refractivity contribution in [3.63, 3.8) is 0 Å². The molecule has 0 N–H and O–H groups in total. The van der Waals surface area contributed by atoms with Crippen LogP contribution in [0.25, 0.3) is 10.9 Å². The molecule has 3 rings (SSSR count). The summed E-state index contributed by atoms with van der Waals surface area (Å²) < 4.78 is 0. The summed E-state index contributed by atoms with van der Waals surface area (Å²) in [6.45, 7) is 3.91. The average Bonchev–Trinajstić information content (AvgIpc) is 2.90. The molecule has 0 bridgehead atoms. The van der Waals surface area contributed by atoms with Gasteiger partial charge in [-0.1, -0.05) is 12.1 Å². The van der Waals surface area contributed by atoms with Crippen LogP contribution in [0.3, 0.4) is 0 Å². The molecule has 0 spiro atoms. The highest BCUT2D eigenvalue weighted by Crippen LogP contribution is 2.33. The highest BCUT2D eigenvalue weighted by atomic mass is 16.6. The Hall–Kier alpha value is -2.17. The number of nitro benzene ring substituents is 1. The van der Waals surface area contributed by atoms with Gasteiger partial charge < -0.3 is 4.90 Å². The van der Waals surface area contributed by atoms with Gasteiger partial charge >= 0.3 is 0 Å². The maximum atomic E-state index is 11.1. The summed E-state index contributed by atoms with van der Waals surface area (Å²) in [5.41, 5.74) is 2.48. The van der Waals surface area contributed by atoms with Crippen molar-refractivity contribution in [2.24, 2.45) is 0 Å². The Morgan fingerprint density at radius 2 is 2.05 bits per heavy atom. The van der Waals surface area contributed by atoms with Crippen LogP contribution in [-0.2, 0) is 0 Å². The normalized spacial score (nSPS) is 15.1. The van der Waals surface area contributed by atoms with Crippen LogP contribution in [0, 0.1) is 17.0 Å². The SMILES string of the molecule is Cc1cc(N2CCCC2)c2cccc([N+](=O)[O-])c2n1. The topological polar surface area (TPSA) is 59.3 Å². The van der Waals surface area contributed by atoms with E-state index in [0.717, 1.165) is 29.9 Å². The van der Waals surface area contributed by atoms with E-state index in [9.17, 15) is 10.1 Å². The largest absolute Gasteiger partial charge is 0.371 e. The van der Waals surface area contributed by atoms with Gasteiger partial charge in [0.2, 0.25) is 0 Å². The van der Waals surface area contributed by atoms with Gasteiger partial charge in [-0.05, 0) is 25.8 Å². The average molecular weight is 257 g/mol. The smallest absolute Gasteiger partial charge is 0.295 e. The minimum absolute atomic E-state index is 0.0849. The van der Waals surface area contributed by atoms with Gasteiger partial charge in [-0.3, -0.25) is 10.1 Å². The van der Waals surface area contributed by atoms with Crippen molar-refractivity contribution in [1.29, 1.82) is 0 Å². The first-order valence-corrected chi connectivity index (χ1v) is 6.46. The number of aryl methyl sites for hydroxylation is 1. The number of nitro groups is 1. The Morgan fingerprint density at radius 3 is 2.74 bits per heavy atom. The highest BCUT2D eigenvalue weighted by molar-refractivity contribution is 5.97. The lowest BCUT2D eigenvalue weighted by atomic mass is 10.1. The maximum Gasteiger partial charge on any atom is 0.295 e. The molecule has 1 fully saturated rings. The molecule has 1 saturated heterocycles. The van der Waals surface area contributed by atoms with E-state index in [4.69, 9.17) is 0 Å². The predicted molar refractivity (Wildman–Crippen MR) is 74.6 cm³/mol. The monoisotopic (exact) mass is 257 g/mol. The molecule has 1 aliphatic heterocycles. The minimum atomic E-state index is -0.359. The van der Waals surface area contributed by atoms with E-state index >= 15 is 0 Å². The minimum Gasteiger partial charge on any atom is -0.371 e. The summed E-state index contributed by atoms with van der Waals surface area (Å²) in [7, 11) is 0. The third-order valence-corrected chi connectivity index (χ3v) is 3.57. The molecule has 0 amide bonds. The van der Waals surface area contributed by atoms with E-state index in [-0.39, 0.29) is 10.6 Å². The van der Waals surface area contributed by atoms with Crippen LogP contribution in [0.2, 0.25) is 0 Å². The summed E-state index contributed by atoms with van der Waals surface area (Å²) in [5, 5.41) is 12.0. The van der Waals surface area contributed by atoms with Crippen molar-refractivity contribution in [3.05, 3.63) is 40.1 Å². The fourth-order valence-electron chi connectivity index (χ4n) is 2.71. The molecule has 0 radical (unpaired) electrons. The van der Waals surface area contributed by atoms with Crippen molar-refractivity contribution in [2.45, 2.75) is 19.8 Å². The summed E-state index contributed by atoms with van der Waals surface area (Å²) in [6.07, 6.45) is 2.36. The lowest BCUT2D eigenvalue weighted by molar-refractivity contribution is -0.383. The van der Waals surface area contributed by atoms with Gasteiger partial charge in [0, 0.05) is 35.9 Å². The number of para-hydroxylation sites is 1. The van der Waals surface area contributed by atoms with Gasteiger partial charge in [0.15, 0.2) is 5.52 Å². The van der Waals surface area contributed by atoms with Crippen LogP contribution in [0.4, 0.5) is 11.4 Å². The van der Waals surface area contributed by atoms with Gasteiger partial charge in [-0.25, -0.2) is 4.98 Å². The molecule has 1 aromatic heterocycles. The van der Waals surface area contributed by atoms with Gasteiger partial charge in [0.25, 0.3) is 5.69 Å². The lowest BCUT2D eigenvalue weighted by Crippen LogP contribution is -2.18. The molecule has 0 saturated carbocycles. The molecule has 5 nitrogen and oxygen atoms in total. The molecule has 0 unspecified atom stereocenters. The third kappa shape index (κ3) is 2.01. The summed E-state index contributed by atoms with van der Waals surface area (Å²) in [4.78, 5) is 17.4. The predicted octanol–water partition coefficient (Wildman–Crippen LogP) is 3.05. The summed E-state index contributed by atoms with van der Waals surface area (Å²) in [5.74, 6) is 0. The highest BCUT2D eigenvalue weighted by Gasteiger charge is 2.20. The van der Waals surface area contributed by atoms with E-state index in [2.05, 4.69) is 9.88 Å². The summed E-state index contributed by atoms with van der Waals surface area (Å²) >= 11 is 0. The van der Waals surface area contributed by atoms with Gasteiger partial charge in [0.1, 0.15) is 0 Å². The second kappa shape index (κ2) is 4.50. The quantitative estimate of drug-likeness (QED) is 0.613.